The predicted octanol–water partition coefficient (Wildman–Crippen LogP) is 4.54. The maximum Gasteiger partial charge on any atom is 0.417 e. The number of esters is 1. The lowest BCUT2D eigenvalue weighted by molar-refractivity contribution is -0.144. The van der Waals surface area contributed by atoms with Crippen LogP contribution in [0.5, 0.6) is 0 Å². The summed E-state index contributed by atoms with van der Waals surface area (Å²) in [5.74, 6) is -1.86. The maximum atomic E-state index is 12.8. The van der Waals surface area contributed by atoms with E-state index >= 15 is 0 Å². The van der Waals surface area contributed by atoms with E-state index in [-0.39, 0.29) is 12.5 Å². The van der Waals surface area contributed by atoms with Crippen molar-refractivity contribution < 1.29 is 35.9 Å². The van der Waals surface area contributed by atoms with E-state index < -0.39 is 35.0 Å². The van der Waals surface area contributed by atoms with Crippen LogP contribution in [0, 0.1) is 5.92 Å². The van der Waals surface area contributed by atoms with Gasteiger partial charge in [0, 0.05) is 0 Å². The van der Waals surface area contributed by atoms with Gasteiger partial charge in [-0.1, -0.05) is 19.9 Å². The van der Waals surface area contributed by atoms with Gasteiger partial charge in [0.1, 0.15) is 0 Å². The molecule has 1 aromatic carbocycles. The lowest BCUT2D eigenvalue weighted by Gasteiger charge is -2.18. The molecular formula is C13H12F6O2. The molecule has 0 atom stereocenters. The number of benzene rings is 1. The van der Waals surface area contributed by atoms with Crippen LogP contribution in [0.1, 0.15) is 35.3 Å². The highest BCUT2D eigenvalue weighted by Crippen LogP contribution is 2.39. The molecule has 0 aliphatic carbocycles. The number of carbonyl (C=O) groups excluding carboxylic acids is 1. The molecule has 0 bridgehead atoms. The third-order valence-corrected chi connectivity index (χ3v) is 2.43. The first-order valence-corrected chi connectivity index (χ1v) is 5.89. The van der Waals surface area contributed by atoms with Gasteiger partial charge in [0.25, 0.3) is 0 Å². The van der Waals surface area contributed by atoms with Crippen molar-refractivity contribution in [1.82, 2.24) is 0 Å². The topological polar surface area (TPSA) is 26.3 Å². The van der Waals surface area contributed by atoms with E-state index in [0.29, 0.717) is 18.2 Å². The molecule has 0 amide bonds. The third kappa shape index (κ3) is 4.37. The minimum Gasteiger partial charge on any atom is -0.462 e. The Kier molecular flexibility index (Phi) is 4.91. The summed E-state index contributed by atoms with van der Waals surface area (Å²) >= 11 is 0. The van der Waals surface area contributed by atoms with Gasteiger partial charge < -0.3 is 4.74 Å². The van der Waals surface area contributed by atoms with Crippen molar-refractivity contribution in [2.45, 2.75) is 26.2 Å². The molecular weight excluding hydrogens is 302 g/mol. The summed E-state index contributed by atoms with van der Waals surface area (Å²) in [7, 11) is 0. The SMILES string of the molecule is CC(C)COC(=O)c1c(C(F)(F)F)cccc1C(F)(F)F. The fraction of sp³-hybridized carbons (Fsp3) is 0.462. The smallest absolute Gasteiger partial charge is 0.417 e. The number of ether oxygens (including phenoxy) is 1. The molecule has 0 aliphatic heterocycles. The summed E-state index contributed by atoms with van der Waals surface area (Å²) in [6, 6.07) is 1.44. The second kappa shape index (κ2) is 5.95. The Balaban J connectivity index is 3.40. The Morgan fingerprint density at radius 3 is 1.81 bits per heavy atom. The van der Waals surface area contributed by atoms with E-state index in [0.717, 1.165) is 0 Å². The van der Waals surface area contributed by atoms with Gasteiger partial charge in [0.05, 0.1) is 23.3 Å². The summed E-state index contributed by atoms with van der Waals surface area (Å²) in [6.45, 7) is 2.93. The van der Waals surface area contributed by atoms with Gasteiger partial charge in [-0.05, 0) is 18.1 Å². The molecule has 21 heavy (non-hydrogen) atoms. The van der Waals surface area contributed by atoms with E-state index in [1.165, 1.54) is 0 Å². The third-order valence-electron chi connectivity index (χ3n) is 2.43. The summed E-state index contributed by atoms with van der Waals surface area (Å²) in [5, 5.41) is 0. The average Bonchev–Trinajstić information content (AvgIpc) is 2.32. The van der Waals surface area contributed by atoms with Gasteiger partial charge in [-0.25, -0.2) is 4.79 Å². The largest absolute Gasteiger partial charge is 0.462 e. The van der Waals surface area contributed by atoms with Crippen molar-refractivity contribution in [2.75, 3.05) is 6.61 Å². The minimum absolute atomic E-state index is 0.221. The van der Waals surface area contributed by atoms with Gasteiger partial charge in [-0.3, -0.25) is 0 Å². The maximum absolute atomic E-state index is 12.8. The van der Waals surface area contributed by atoms with Crippen molar-refractivity contribution in [3.63, 3.8) is 0 Å². The fourth-order valence-corrected chi connectivity index (χ4v) is 1.56. The number of alkyl halides is 6. The number of rotatable bonds is 3. The first-order chi connectivity index (χ1) is 9.44. The van der Waals surface area contributed by atoms with Crippen LogP contribution in [0.15, 0.2) is 18.2 Å². The molecule has 0 saturated heterocycles. The molecule has 2 nitrogen and oxygen atoms in total. The van der Waals surface area contributed by atoms with Crippen LogP contribution in [0.3, 0.4) is 0 Å². The number of hydrogen-bond acceptors (Lipinski definition) is 2. The standard InChI is InChI=1S/C13H12F6O2/c1-7(2)6-21-11(20)10-8(12(14,15)16)4-3-5-9(10)13(17,18)19/h3-5,7H,6H2,1-2H3. The highest BCUT2D eigenvalue weighted by Gasteiger charge is 2.43. The normalized spacial score (nSPS) is 12.6. The van der Waals surface area contributed by atoms with Crippen molar-refractivity contribution in [1.29, 1.82) is 0 Å². The first-order valence-electron chi connectivity index (χ1n) is 5.89. The molecule has 0 fully saturated rings. The van der Waals surface area contributed by atoms with Crippen LogP contribution in [-0.2, 0) is 17.1 Å². The molecule has 0 saturated carbocycles. The van der Waals surface area contributed by atoms with Crippen LogP contribution in [0.25, 0.3) is 0 Å². The highest BCUT2D eigenvalue weighted by atomic mass is 19.4. The molecule has 0 unspecified atom stereocenters. The monoisotopic (exact) mass is 314 g/mol. The second-order valence-electron chi connectivity index (χ2n) is 4.72. The van der Waals surface area contributed by atoms with Crippen molar-refractivity contribution in [3.05, 3.63) is 34.9 Å². The molecule has 0 heterocycles. The van der Waals surface area contributed by atoms with Crippen molar-refractivity contribution in [2.24, 2.45) is 5.92 Å². The Morgan fingerprint density at radius 2 is 1.48 bits per heavy atom. The second-order valence-corrected chi connectivity index (χ2v) is 4.72. The van der Waals surface area contributed by atoms with Crippen LogP contribution < -0.4 is 0 Å². The fourth-order valence-electron chi connectivity index (χ4n) is 1.56. The molecule has 0 aliphatic rings. The Hall–Kier alpha value is -1.73. The molecule has 0 spiro atoms. The first kappa shape index (κ1) is 17.3. The van der Waals surface area contributed by atoms with E-state index in [9.17, 15) is 31.1 Å². The van der Waals surface area contributed by atoms with Crippen molar-refractivity contribution >= 4 is 5.97 Å². The quantitative estimate of drug-likeness (QED) is 0.605. The summed E-state index contributed by atoms with van der Waals surface area (Å²) < 4.78 is 81.3. The Bertz CT molecular complexity index is 484. The predicted molar refractivity (Wildman–Crippen MR) is 61.6 cm³/mol. The Labute approximate surface area is 116 Å². The van der Waals surface area contributed by atoms with Gasteiger partial charge in [0.15, 0.2) is 0 Å². The molecule has 1 aromatic rings. The zero-order valence-corrected chi connectivity index (χ0v) is 11.1. The van der Waals surface area contributed by atoms with Gasteiger partial charge >= 0.3 is 18.3 Å². The molecule has 1 rings (SSSR count). The van der Waals surface area contributed by atoms with Gasteiger partial charge in [-0.15, -0.1) is 0 Å². The number of carbonyl (C=O) groups is 1. The molecule has 8 heteroatoms. The average molecular weight is 314 g/mol. The zero-order valence-electron chi connectivity index (χ0n) is 11.1. The zero-order chi connectivity index (χ0) is 16.4. The molecule has 118 valence electrons. The summed E-state index contributed by atoms with van der Waals surface area (Å²) in [5.41, 5.74) is -4.82. The van der Waals surface area contributed by atoms with Crippen LogP contribution in [-0.4, -0.2) is 12.6 Å². The van der Waals surface area contributed by atoms with E-state index in [1.807, 2.05) is 0 Å². The van der Waals surface area contributed by atoms with E-state index in [2.05, 4.69) is 4.74 Å². The summed E-state index contributed by atoms with van der Waals surface area (Å²) in [6.07, 6.45) is -10.2. The molecule has 0 aromatic heterocycles. The highest BCUT2D eigenvalue weighted by molar-refractivity contribution is 5.93. The van der Waals surface area contributed by atoms with Crippen LogP contribution >= 0.6 is 0 Å². The van der Waals surface area contributed by atoms with Gasteiger partial charge in [0.2, 0.25) is 0 Å². The lowest BCUT2D eigenvalue weighted by atomic mass is 10.00. The van der Waals surface area contributed by atoms with E-state index in [4.69, 9.17) is 0 Å². The van der Waals surface area contributed by atoms with Crippen molar-refractivity contribution in [3.8, 4) is 0 Å². The van der Waals surface area contributed by atoms with Crippen LogP contribution in [0.4, 0.5) is 26.3 Å². The Morgan fingerprint density at radius 1 is 1.05 bits per heavy atom. The lowest BCUT2D eigenvalue weighted by Crippen LogP contribution is -2.22. The molecule has 0 radical (unpaired) electrons. The summed E-state index contributed by atoms with van der Waals surface area (Å²) in [4.78, 5) is 11.7. The number of hydrogen-bond donors (Lipinski definition) is 0. The number of halogens is 6. The molecule has 0 N–H and O–H groups in total. The van der Waals surface area contributed by atoms with E-state index in [1.54, 1.807) is 13.8 Å². The minimum atomic E-state index is -5.09. The van der Waals surface area contributed by atoms with Gasteiger partial charge in [-0.2, -0.15) is 26.3 Å². The van der Waals surface area contributed by atoms with Crippen LogP contribution in [0.2, 0.25) is 0 Å².